The lowest BCUT2D eigenvalue weighted by molar-refractivity contribution is -0.126. The molecule has 0 spiro atoms. The van der Waals surface area contributed by atoms with Crippen molar-refractivity contribution < 1.29 is 14.3 Å². The van der Waals surface area contributed by atoms with Gasteiger partial charge in [0.15, 0.2) is 5.16 Å². The van der Waals surface area contributed by atoms with Crippen molar-refractivity contribution in [2.45, 2.75) is 37.7 Å². The molecule has 2 aliphatic heterocycles. The zero-order valence-electron chi connectivity index (χ0n) is 15.5. The van der Waals surface area contributed by atoms with Crippen molar-refractivity contribution in [3.8, 4) is 0 Å². The average molecular weight is 382 g/mol. The number of anilines is 1. The number of nitrogens with one attached hydrogen (secondary N) is 1. The molecule has 144 valence electrons. The molecule has 26 heavy (non-hydrogen) atoms. The average Bonchev–Trinajstić information content (AvgIpc) is 3.21. The molecule has 0 radical (unpaired) electrons. The first-order valence-electron chi connectivity index (χ1n) is 8.99. The van der Waals surface area contributed by atoms with E-state index in [1.807, 2.05) is 0 Å². The summed E-state index contributed by atoms with van der Waals surface area (Å²) in [5.74, 6) is 1.04. The van der Waals surface area contributed by atoms with E-state index in [9.17, 15) is 9.59 Å². The number of hydrogen-bond donors (Lipinski definition) is 1. The van der Waals surface area contributed by atoms with E-state index in [1.54, 1.807) is 6.92 Å². The predicted molar refractivity (Wildman–Crippen MR) is 98.3 cm³/mol. The highest BCUT2D eigenvalue weighted by atomic mass is 32.2. The number of urea groups is 1. The summed E-state index contributed by atoms with van der Waals surface area (Å²) >= 11 is 1.35. The fraction of sp³-hybridized carbons (Fsp3) is 0.750. The van der Waals surface area contributed by atoms with Crippen molar-refractivity contribution in [3.05, 3.63) is 0 Å². The molecule has 1 atom stereocenters. The Kier molecular flexibility index (Phi) is 6.02. The molecule has 9 nitrogen and oxygen atoms in total. The molecule has 0 bridgehead atoms. The van der Waals surface area contributed by atoms with Gasteiger partial charge >= 0.3 is 6.03 Å². The lowest BCUT2D eigenvalue weighted by Crippen LogP contribution is -2.39. The van der Waals surface area contributed by atoms with Crippen LogP contribution in [0.15, 0.2) is 5.16 Å². The van der Waals surface area contributed by atoms with Crippen molar-refractivity contribution in [2.24, 2.45) is 5.92 Å². The molecule has 2 aliphatic rings. The highest BCUT2D eigenvalue weighted by Crippen LogP contribution is 2.28. The van der Waals surface area contributed by atoms with Gasteiger partial charge in [-0.2, -0.15) is 0 Å². The lowest BCUT2D eigenvalue weighted by Gasteiger charge is -2.28. The van der Waals surface area contributed by atoms with E-state index in [-0.39, 0.29) is 11.9 Å². The molecule has 0 aliphatic carbocycles. The van der Waals surface area contributed by atoms with Crippen LogP contribution in [0.1, 0.15) is 20.8 Å². The van der Waals surface area contributed by atoms with Crippen molar-refractivity contribution in [2.75, 3.05) is 44.3 Å². The minimum Gasteiger partial charge on any atom is -0.378 e. The smallest absolute Gasteiger partial charge is 0.324 e. The number of morpholine rings is 1. The van der Waals surface area contributed by atoms with E-state index in [2.05, 4.69) is 38.8 Å². The molecule has 0 saturated carbocycles. The number of amides is 3. The molecule has 2 saturated heterocycles. The summed E-state index contributed by atoms with van der Waals surface area (Å²) in [7, 11) is 0. The summed E-state index contributed by atoms with van der Waals surface area (Å²) in [5, 5.41) is 11.7. The first-order chi connectivity index (χ1) is 12.5. The topological polar surface area (TPSA) is 92.6 Å². The number of nitrogens with zero attached hydrogens (tertiary/aromatic N) is 5. The van der Waals surface area contributed by atoms with Crippen LogP contribution in [0.3, 0.4) is 0 Å². The first kappa shape index (κ1) is 19.0. The SMILES string of the molecule is CC(C)Cn1c(S[C@@H](C)C(=O)N2CCNC2=O)nnc1N1CCOCC1. The maximum absolute atomic E-state index is 12.6. The van der Waals surface area contributed by atoms with E-state index >= 15 is 0 Å². The van der Waals surface area contributed by atoms with Crippen molar-refractivity contribution in [1.29, 1.82) is 0 Å². The quantitative estimate of drug-likeness (QED) is 0.728. The number of imide groups is 1. The third kappa shape index (κ3) is 4.12. The Morgan fingerprint density at radius 2 is 1.96 bits per heavy atom. The summed E-state index contributed by atoms with van der Waals surface area (Å²) in [5.41, 5.74) is 0. The molecular formula is C16H26N6O3S. The number of aromatic nitrogens is 3. The second-order valence-electron chi connectivity index (χ2n) is 6.87. The Bertz CT molecular complexity index is 658. The van der Waals surface area contributed by atoms with Gasteiger partial charge in [-0.25, -0.2) is 4.79 Å². The standard InChI is InChI=1S/C16H26N6O3S/c1-11(2)10-22-14(20-6-8-25-9-7-20)18-19-16(22)26-12(3)13(23)21-5-4-17-15(21)24/h11-12H,4-10H2,1-3H3,(H,17,24)/t12-/m0/s1. The van der Waals surface area contributed by atoms with Crippen LogP contribution in [0.2, 0.25) is 0 Å². The van der Waals surface area contributed by atoms with Crippen LogP contribution < -0.4 is 10.2 Å². The molecule has 2 fully saturated rings. The highest BCUT2D eigenvalue weighted by molar-refractivity contribution is 8.00. The molecular weight excluding hydrogens is 356 g/mol. The van der Waals surface area contributed by atoms with Crippen molar-refractivity contribution in [3.63, 3.8) is 0 Å². The summed E-state index contributed by atoms with van der Waals surface area (Å²) in [6.07, 6.45) is 0. The number of carbonyl (C=O) groups excluding carboxylic acids is 2. The van der Waals surface area contributed by atoms with E-state index in [0.717, 1.165) is 25.6 Å². The Balaban J connectivity index is 1.76. The Labute approximate surface area is 157 Å². The third-order valence-electron chi connectivity index (χ3n) is 4.29. The summed E-state index contributed by atoms with van der Waals surface area (Å²) in [6, 6.07) is -0.319. The van der Waals surface area contributed by atoms with Crippen molar-refractivity contribution in [1.82, 2.24) is 25.0 Å². The number of rotatable bonds is 6. The van der Waals surface area contributed by atoms with Crippen LogP contribution in [0.25, 0.3) is 0 Å². The second kappa shape index (κ2) is 8.26. The molecule has 0 aromatic carbocycles. The predicted octanol–water partition coefficient (Wildman–Crippen LogP) is 0.803. The second-order valence-corrected chi connectivity index (χ2v) is 8.18. The molecule has 3 rings (SSSR count). The summed E-state index contributed by atoms with van der Waals surface area (Å²) < 4.78 is 7.50. The Hall–Kier alpha value is -1.81. The summed E-state index contributed by atoms with van der Waals surface area (Å²) in [4.78, 5) is 27.7. The third-order valence-corrected chi connectivity index (χ3v) is 5.36. The lowest BCUT2D eigenvalue weighted by atomic mass is 10.2. The minimum atomic E-state index is -0.411. The van der Waals surface area contributed by atoms with Gasteiger partial charge in [-0.15, -0.1) is 10.2 Å². The van der Waals surface area contributed by atoms with E-state index < -0.39 is 5.25 Å². The largest absolute Gasteiger partial charge is 0.378 e. The van der Waals surface area contributed by atoms with E-state index in [0.29, 0.717) is 37.4 Å². The molecule has 1 aromatic heterocycles. The fourth-order valence-electron chi connectivity index (χ4n) is 3.00. The van der Waals surface area contributed by atoms with Crippen LogP contribution in [0.5, 0.6) is 0 Å². The van der Waals surface area contributed by atoms with Gasteiger partial charge in [0.2, 0.25) is 11.9 Å². The first-order valence-corrected chi connectivity index (χ1v) is 9.87. The normalized spacial score (nSPS) is 19.2. The van der Waals surface area contributed by atoms with Crippen molar-refractivity contribution >= 4 is 29.6 Å². The van der Waals surface area contributed by atoms with Gasteiger partial charge in [0.1, 0.15) is 0 Å². The van der Waals surface area contributed by atoms with E-state index in [1.165, 1.54) is 16.7 Å². The van der Waals surface area contributed by atoms with Gasteiger partial charge in [0, 0.05) is 32.7 Å². The maximum Gasteiger partial charge on any atom is 0.324 e. The van der Waals surface area contributed by atoms with E-state index in [4.69, 9.17) is 4.74 Å². The van der Waals surface area contributed by atoms with Gasteiger partial charge in [-0.1, -0.05) is 25.6 Å². The van der Waals surface area contributed by atoms with Crippen LogP contribution in [-0.4, -0.2) is 76.2 Å². The minimum absolute atomic E-state index is 0.197. The number of ether oxygens (including phenoxy) is 1. The van der Waals surface area contributed by atoms with Crippen LogP contribution in [0, 0.1) is 5.92 Å². The Morgan fingerprint density at radius 1 is 1.23 bits per heavy atom. The van der Waals surface area contributed by atoms with Gasteiger partial charge in [-0.3, -0.25) is 14.3 Å². The molecule has 3 amide bonds. The maximum atomic E-state index is 12.6. The van der Waals surface area contributed by atoms with Gasteiger partial charge in [-0.05, 0) is 12.8 Å². The molecule has 1 N–H and O–H groups in total. The monoisotopic (exact) mass is 382 g/mol. The van der Waals surface area contributed by atoms with Crippen LogP contribution in [-0.2, 0) is 16.1 Å². The molecule has 3 heterocycles. The molecule has 1 aromatic rings. The fourth-order valence-corrected chi connectivity index (χ4v) is 3.92. The Morgan fingerprint density at radius 3 is 2.58 bits per heavy atom. The van der Waals surface area contributed by atoms with Gasteiger partial charge in [0.05, 0.1) is 18.5 Å². The number of hydrogen-bond acceptors (Lipinski definition) is 7. The molecule has 0 unspecified atom stereocenters. The zero-order chi connectivity index (χ0) is 18.7. The van der Waals surface area contributed by atoms with Gasteiger partial charge < -0.3 is 15.0 Å². The van der Waals surface area contributed by atoms with Crippen LogP contribution in [0.4, 0.5) is 10.7 Å². The van der Waals surface area contributed by atoms with Gasteiger partial charge in [0.25, 0.3) is 0 Å². The summed E-state index contributed by atoms with van der Waals surface area (Å²) in [6.45, 7) is 10.7. The number of thioether (sulfide) groups is 1. The van der Waals surface area contributed by atoms with Crippen LogP contribution >= 0.6 is 11.8 Å². The zero-order valence-corrected chi connectivity index (χ0v) is 16.3. The number of carbonyl (C=O) groups is 2. The molecule has 10 heteroatoms. The highest BCUT2D eigenvalue weighted by Gasteiger charge is 2.31.